The molecule has 1 aromatic carbocycles. The fraction of sp³-hybridized carbons (Fsp3) is 0.571. The lowest BCUT2D eigenvalue weighted by atomic mass is 9.89. The summed E-state index contributed by atoms with van der Waals surface area (Å²) >= 11 is 0. The van der Waals surface area contributed by atoms with E-state index in [0.717, 1.165) is 25.1 Å². The van der Waals surface area contributed by atoms with E-state index in [9.17, 15) is 5.11 Å². The molecular formula is C14H21NO. The van der Waals surface area contributed by atoms with Crippen LogP contribution in [0.3, 0.4) is 0 Å². The van der Waals surface area contributed by atoms with E-state index >= 15 is 0 Å². The minimum absolute atomic E-state index is 0.466. The molecule has 1 aliphatic heterocycles. The lowest BCUT2D eigenvalue weighted by Crippen LogP contribution is -2.31. The van der Waals surface area contributed by atoms with Crippen molar-refractivity contribution < 1.29 is 5.11 Å². The predicted octanol–water partition coefficient (Wildman–Crippen LogP) is 2.55. The Bertz CT molecular complexity index is 367. The Morgan fingerprint density at radius 3 is 2.88 bits per heavy atom. The van der Waals surface area contributed by atoms with Crippen molar-refractivity contribution in [3.63, 3.8) is 0 Å². The second kappa shape index (κ2) is 4.88. The fourth-order valence-corrected chi connectivity index (χ4v) is 2.50. The summed E-state index contributed by atoms with van der Waals surface area (Å²) in [5.41, 5.74) is 3.68. The highest BCUT2D eigenvalue weighted by molar-refractivity contribution is 5.43. The second-order valence-electron chi connectivity index (χ2n) is 4.92. The van der Waals surface area contributed by atoms with Crippen LogP contribution in [0.25, 0.3) is 0 Å². The standard InChI is InChI=1S/C14H21NO/c1-10-5-6-14(16)13(11(10)2)8-12-4-3-7-15-9-12/h5-6,12,15-16H,3-4,7-9H2,1-2H3. The topological polar surface area (TPSA) is 32.3 Å². The van der Waals surface area contributed by atoms with E-state index in [0.29, 0.717) is 11.7 Å². The number of aromatic hydroxyl groups is 1. The first kappa shape index (κ1) is 11.5. The summed E-state index contributed by atoms with van der Waals surface area (Å²) in [4.78, 5) is 0. The molecular weight excluding hydrogens is 198 g/mol. The summed E-state index contributed by atoms with van der Waals surface area (Å²) in [6.45, 7) is 6.46. The van der Waals surface area contributed by atoms with Crippen molar-refractivity contribution in [2.75, 3.05) is 13.1 Å². The predicted molar refractivity (Wildman–Crippen MR) is 66.9 cm³/mol. The van der Waals surface area contributed by atoms with Gasteiger partial charge in [-0.2, -0.15) is 0 Å². The number of hydrogen-bond acceptors (Lipinski definition) is 2. The Balaban J connectivity index is 2.16. The lowest BCUT2D eigenvalue weighted by molar-refractivity contribution is 0.369. The summed E-state index contributed by atoms with van der Waals surface area (Å²) in [6, 6.07) is 3.82. The maximum Gasteiger partial charge on any atom is 0.119 e. The number of nitrogens with one attached hydrogen (secondary N) is 1. The summed E-state index contributed by atoms with van der Waals surface area (Å²) in [6.07, 6.45) is 3.54. The van der Waals surface area contributed by atoms with Crippen LogP contribution < -0.4 is 5.32 Å². The van der Waals surface area contributed by atoms with Crippen LogP contribution in [0.4, 0.5) is 0 Å². The molecule has 1 fully saturated rings. The van der Waals surface area contributed by atoms with Crippen LogP contribution in [0.15, 0.2) is 12.1 Å². The zero-order valence-electron chi connectivity index (χ0n) is 10.2. The van der Waals surface area contributed by atoms with Gasteiger partial charge in [0.25, 0.3) is 0 Å². The third kappa shape index (κ3) is 2.38. The molecule has 0 spiro atoms. The minimum atomic E-state index is 0.466. The molecule has 2 rings (SSSR count). The van der Waals surface area contributed by atoms with Gasteiger partial charge >= 0.3 is 0 Å². The van der Waals surface area contributed by atoms with Gasteiger partial charge in [0.1, 0.15) is 5.75 Å². The normalized spacial score (nSPS) is 21.0. The zero-order valence-corrected chi connectivity index (χ0v) is 10.2. The zero-order chi connectivity index (χ0) is 11.5. The van der Waals surface area contributed by atoms with E-state index in [2.05, 4.69) is 19.2 Å². The van der Waals surface area contributed by atoms with Crippen molar-refractivity contribution in [3.05, 3.63) is 28.8 Å². The van der Waals surface area contributed by atoms with Gasteiger partial charge in [-0.15, -0.1) is 0 Å². The molecule has 1 aliphatic rings. The molecule has 1 heterocycles. The molecule has 0 aliphatic carbocycles. The number of rotatable bonds is 2. The maximum atomic E-state index is 9.93. The van der Waals surface area contributed by atoms with Crippen LogP contribution in [0.2, 0.25) is 0 Å². The van der Waals surface area contributed by atoms with Crippen molar-refractivity contribution in [1.82, 2.24) is 5.32 Å². The van der Waals surface area contributed by atoms with Gasteiger partial charge in [0.2, 0.25) is 0 Å². The smallest absolute Gasteiger partial charge is 0.119 e. The van der Waals surface area contributed by atoms with Crippen molar-refractivity contribution >= 4 is 0 Å². The highest BCUT2D eigenvalue weighted by Crippen LogP contribution is 2.28. The number of phenols is 1. The molecule has 1 atom stereocenters. The third-order valence-electron chi connectivity index (χ3n) is 3.74. The van der Waals surface area contributed by atoms with Gasteiger partial charge < -0.3 is 10.4 Å². The minimum Gasteiger partial charge on any atom is -0.508 e. The van der Waals surface area contributed by atoms with Crippen molar-refractivity contribution in [2.45, 2.75) is 33.1 Å². The Hall–Kier alpha value is -1.02. The molecule has 0 aromatic heterocycles. The highest BCUT2D eigenvalue weighted by Gasteiger charge is 2.17. The van der Waals surface area contributed by atoms with E-state index < -0.39 is 0 Å². The van der Waals surface area contributed by atoms with Gasteiger partial charge in [0.15, 0.2) is 0 Å². The average molecular weight is 219 g/mol. The first-order chi connectivity index (χ1) is 7.68. The first-order valence-corrected chi connectivity index (χ1v) is 6.17. The summed E-state index contributed by atoms with van der Waals surface area (Å²) in [7, 11) is 0. The monoisotopic (exact) mass is 219 g/mol. The van der Waals surface area contributed by atoms with Crippen molar-refractivity contribution in [3.8, 4) is 5.75 Å². The Kier molecular flexibility index (Phi) is 3.49. The number of piperidine rings is 1. The summed E-state index contributed by atoms with van der Waals surface area (Å²) < 4.78 is 0. The summed E-state index contributed by atoms with van der Waals surface area (Å²) in [5, 5.41) is 13.4. The molecule has 1 saturated heterocycles. The molecule has 2 nitrogen and oxygen atoms in total. The Labute approximate surface area is 97.7 Å². The van der Waals surface area contributed by atoms with E-state index in [-0.39, 0.29) is 0 Å². The molecule has 1 aromatic rings. The highest BCUT2D eigenvalue weighted by atomic mass is 16.3. The largest absolute Gasteiger partial charge is 0.508 e. The van der Waals surface area contributed by atoms with Gasteiger partial charge in [0, 0.05) is 0 Å². The van der Waals surface area contributed by atoms with E-state index in [4.69, 9.17) is 0 Å². The van der Waals surface area contributed by atoms with E-state index in [1.807, 2.05) is 12.1 Å². The molecule has 0 amide bonds. The number of phenolic OH excluding ortho intramolecular Hbond substituents is 1. The maximum absolute atomic E-state index is 9.93. The van der Waals surface area contributed by atoms with Crippen LogP contribution in [0, 0.1) is 19.8 Å². The third-order valence-corrected chi connectivity index (χ3v) is 3.74. The first-order valence-electron chi connectivity index (χ1n) is 6.17. The van der Waals surface area contributed by atoms with Gasteiger partial charge in [-0.3, -0.25) is 0 Å². The van der Waals surface area contributed by atoms with Crippen molar-refractivity contribution in [2.24, 2.45) is 5.92 Å². The Morgan fingerprint density at radius 2 is 2.19 bits per heavy atom. The fourth-order valence-electron chi connectivity index (χ4n) is 2.50. The lowest BCUT2D eigenvalue weighted by Gasteiger charge is -2.24. The number of benzene rings is 1. The van der Waals surface area contributed by atoms with Crippen LogP contribution in [0.5, 0.6) is 5.75 Å². The second-order valence-corrected chi connectivity index (χ2v) is 4.92. The number of hydrogen-bond donors (Lipinski definition) is 2. The molecule has 0 saturated carbocycles. The van der Waals surface area contributed by atoms with Gasteiger partial charge in [0.05, 0.1) is 0 Å². The van der Waals surface area contributed by atoms with Gasteiger partial charge in [-0.25, -0.2) is 0 Å². The van der Waals surface area contributed by atoms with Crippen LogP contribution in [-0.4, -0.2) is 18.2 Å². The molecule has 2 N–H and O–H groups in total. The van der Waals surface area contributed by atoms with Crippen LogP contribution in [-0.2, 0) is 6.42 Å². The number of aryl methyl sites for hydroxylation is 1. The average Bonchev–Trinajstić information content (AvgIpc) is 2.31. The van der Waals surface area contributed by atoms with Gasteiger partial charge in [-0.05, 0) is 74.9 Å². The van der Waals surface area contributed by atoms with Crippen LogP contribution >= 0.6 is 0 Å². The quantitative estimate of drug-likeness (QED) is 0.801. The molecule has 0 bridgehead atoms. The molecule has 2 heteroatoms. The molecule has 1 unspecified atom stereocenters. The molecule has 16 heavy (non-hydrogen) atoms. The Morgan fingerprint density at radius 1 is 1.38 bits per heavy atom. The summed E-state index contributed by atoms with van der Waals surface area (Å²) in [5.74, 6) is 1.15. The molecule has 0 radical (unpaired) electrons. The molecule has 88 valence electrons. The van der Waals surface area contributed by atoms with E-state index in [1.165, 1.54) is 24.0 Å². The van der Waals surface area contributed by atoms with Crippen LogP contribution in [0.1, 0.15) is 29.5 Å². The van der Waals surface area contributed by atoms with E-state index in [1.54, 1.807) is 0 Å². The van der Waals surface area contributed by atoms with Crippen molar-refractivity contribution in [1.29, 1.82) is 0 Å². The SMILES string of the molecule is Cc1ccc(O)c(CC2CCCNC2)c1C. The van der Waals surface area contributed by atoms with Gasteiger partial charge in [-0.1, -0.05) is 6.07 Å².